The van der Waals surface area contributed by atoms with E-state index < -0.39 is 0 Å². The van der Waals surface area contributed by atoms with Crippen LogP contribution in [0.3, 0.4) is 0 Å². The minimum Gasteiger partial charge on any atom is -0.495 e. The van der Waals surface area contributed by atoms with E-state index in [9.17, 15) is 4.79 Å². The van der Waals surface area contributed by atoms with Crippen molar-refractivity contribution in [1.82, 2.24) is 4.98 Å². The lowest BCUT2D eigenvalue weighted by Crippen LogP contribution is -1.96. The fourth-order valence-corrected chi connectivity index (χ4v) is 2.14. The SMILES string of the molecule is COC(=O)c1cnc(Nc2ccccc2OC)s1. The Bertz CT molecular complexity index is 554. The van der Waals surface area contributed by atoms with Crippen LogP contribution in [0.25, 0.3) is 0 Å². The second-order valence-electron chi connectivity index (χ2n) is 3.35. The molecule has 94 valence electrons. The molecule has 0 saturated heterocycles. The van der Waals surface area contributed by atoms with E-state index in [1.807, 2.05) is 24.3 Å². The van der Waals surface area contributed by atoms with Crippen molar-refractivity contribution in [2.24, 2.45) is 0 Å². The Morgan fingerprint density at radius 1 is 1.33 bits per heavy atom. The van der Waals surface area contributed by atoms with Crippen LogP contribution >= 0.6 is 11.3 Å². The highest BCUT2D eigenvalue weighted by Gasteiger charge is 2.11. The van der Waals surface area contributed by atoms with Crippen LogP contribution in [0.2, 0.25) is 0 Å². The van der Waals surface area contributed by atoms with Gasteiger partial charge in [-0.2, -0.15) is 0 Å². The van der Waals surface area contributed by atoms with Crippen molar-refractivity contribution in [1.29, 1.82) is 0 Å². The molecule has 0 aliphatic heterocycles. The second-order valence-corrected chi connectivity index (χ2v) is 4.38. The molecule has 0 atom stereocenters. The first-order valence-electron chi connectivity index (χ1n) is 5.18. The highest BCUT2D eigenvalue weighted by Crippen LogP contribution is 2.29. The number of rotatable bonds is 4. The molecular formula is C12H12N2O3S. The predicted molar refractivity (Wildman–Crippen MR) is 69.7 cm³/mol. The summed E-state index contributed by atoms with van der Waals surface area (Å²) in [5, 5.41) is 3.71. The molecule has 1 aromatic heterocycles. The number of esters is 1. The highest BCUT2D eigenvalue weighted by atomic mass is 32.1. The molecule has 2 rings (SSSR count). The van der Waals surface area contributed by atoms with Crippen molar-refractivity contribution >= 4 is 28.1 Å². The number of ether oxygens (including phenoxy) is 2. The molecule has 6 heteroatoms. The minimum atomic E-state index is -0.388. The third-order valence-electron chi connectivity index (χ3n) is 2.24. The van der Waals surface area contributed by atoms with Gasteiger partial charge in [0.2, 0.25) is 0 Å². The summed E-state index contributed by atoms with van der Waals surface area (Å²) in [6, 6.07) is 7.49. The standard InChI is InChI=1S/C12H12N2O3S/c1-16-9-6-4-3-5-8(9)14-12-13-7-10(18-12)11(15)17-2/h3-7H,1-2H3,(H,13,14). The molecule has 5 nitrogen and oxygen atoms in total. The van der Waals surface area contributed by atoms with Gasteiger partial charge in [-0.15, -0.1) is 0 Å². The molecule has 2 aromatic rings. The van der Waals surface area contributed by atoms with Crippen LogP contribution in [0.1, 0.15) is 9.67 Å². The second kappa shape index (κ2) is 5.50. The zero-order chi connectivity index (χ0) is 13.0. The Labute approximate surface area is 108 Å². The highest BCUT2D eigenvalue weighted by molar-refractivity contribution is 7.17. The predicted octanol–water partition coefficient (Wildman–Crippen LogP) is 2.68. The van der Waals surface area contributed by atoms with E-state index in [1.165, 1.54) is 24.6 Å². The fourth-order valence-electron chi connectivity index (χ4n) is 1.39. The summed E-state index contributed by atoms with van der Waals surface area (Å²) in [4.78, 5) is 15.9. The van der Waals surface area contributed by atoms with Crippen LogP contribution in [0.5, 0.6) is 5.75 Å². The summed E-state index contributed by atoms with van der Waals surface area (Å²) in [7, 11) is 2.94. The van der Waals surface area contributed by atoms with Crippen molar-refractivity contribution in [2.75, 3.05) is 19.5 Å². The molecule has 1 N–H and O–H groups in total. The van der Waals surface area contributed by atoms with Gasteiger partial charge in [-0.1, -0.05) is 23.5 Å². The Kier molecular flexibility index (Phi) is 3.78. The Morgan fingerprint density at radius 3 is 2.83 bits per heavy atom. The van der Waals surface area contributed by atoms with Crippen LogP contribution in [0.15, 0.2) is 30.5 Å². The summed E-state index contributed by atoms with van der Waals surface area (Å²) in [5.74, 6) is 0.327. The Morgan fingerprint density at radius 2 is 2.11 bits per heavy atom. The monoisotopic (exact) mass is 264 g/mol. The first-order valence-corrected chi connectivity index (χ1v) is 6.00. The Balaban J connectivity index is 2.19. The fraction of sp³-hybridized carbons (Fsp3) is 0.167. The lowest BCUT2D eigenvalue weighted by atomic mass is 10.3. The van der Waals surface area contributed by atoms with E-state index in [0.717, 1.165) is 5.69 Å². The lowest BCUT2D eigenvalue weighted by molar-refractivity contribution is 0.0606. The van der Waals surface area contributed by atoms with Crippen LogP contribution in [0.4, 0.5) is 10.8 Å². The van der Waals surface area contributed by atoms with E-state index in [2.05, 4.69) is 15.0 Å². The van der Waals surface area contributed by atoms with Crippen molar-refractivity contribution in [3.63, 3.8) is 0 Å². The first-order chi connectivity index (χ1) is 8.74. The van der Waals surface area contributed by atoms with E-state index >= 15 is 0 Å². The van der Waals surface area contributed by atoms with E-state index in [-0.39, 0.29) is 5.97 Å². The van der Waals surface area contributed by atoms with Gasteiger partial charge in [0, 0.05) is 0 Å². The van der Waals surface area contributed by atoms with Crippen molar-refractivity contribution in [3.05, 3.63) is 35.3 Å². The van der Waals surface area contributed by atoms with Gasteiger partial charge in [-0.3, -0.25) is 0 Å². The van der Waals surface area contributed by atoms with E-state index in [0.29, 0.717) is 15.8 Å². The molecule has 0 radical (unpaired) electrons. The molecule has 0 amide bonds. The molecule has 0 fully saturated rings. The number of carbonyl (C=O) groups excluding carboxylic acids is 1. The maximum absolute atomic E-state index is 11.3. The van der Waals surface area contributed by atoms with Gasteiger partial charge in [-0.05, 0) is 12.1 Å². The molecule has 1 aromatic carbocycles. The maximum atomic E-state index is 11.3. The van der Waals surface area contributed by atoms with Crippen molar-refractivity contribution in [3.8, 4) is 5.75 Å². The first kappa shape index (κ1) is 12.4. The van der Waals surface area contributed by atoms with Crippen LogP contribution in [0, 0.1) is 0 Å². The van der Waals surface area contributed by atoms with Crippen LogP contribution in [-0.4, -0.2) is 25.2 Å². The number of nitrogens with zero attached hydrogens (tertiary/aromatic N) is 1. The number of benzene rings is 1. The summed E-state index contributed by atoms with van der Waals surface area (Å²) in [6.45, 7) is 0. The van der Waals surface area contributed by atoms with Crippen molar-refractivity contribution < 1.29 is 14.3 Å². The van der Waals surface area contributed by atoms with Gasteiger partial charge in [-0.25, -0.2) is 9.78 Å². The zero-order valence-electron chi connectivity index (χ0n) is 9.97. The molecule has 18 heavy (non-hydrogen) atoms. The number of methoxy groups -OCH3 is 2. The maximum Gasteiger partial charge on any atom is 0.349 e. The van der Waals surface area contributed by atoms with E-state index in [1.54, 1.807) is 7.11 Å². The number of aromatic nitrogens is 1. The van der Waals surface area contributed by atoms with Gasteiger partial charge in [0.1, 0.15) is 10.6 Å². The van der Waals surface area contributed by atoms with Gasteiger partial charge in [0.15, 0.2) is 5.13 Å². The van der Waals surface area contributed by atoms with Gasteiger partial charge >= 0.3 is 5.97 Å². The summed E-state index contributed by atoms with van der Waals surface area (Å²) in [5.41, 5.74) is 0.797. The number of thiazole rings is 1. The number of carbonyl (C=O) groups is 1. The lowest BCUT2D eigenvalue weighted by Gasteiger charge is -2.07. The van der Waals surface area contributed by atoms with Gasteiger partial charge in [0.25, 0.3) is 0 Å². The van der Waals surface area contributed by atoms with E-state index in [4.69, 9.17) is 4.74 Å². The zero-order valence-corrected chi connectivity index (χ0v) is 10.8. The largest absolute Gasteiger partial charge is 0.495 e. The summed E-state index contributed by atoms with van der Waals surface area (Å²) in [6.07, 6.45) is 1.48. The normalized spacial score (nSPS) is 9.89. The quantitative estimate of drug-likeness (QED) is 0.860. The number of hydrogen-bond donors (Lipinski definition) is 1. The van der Waals surface area contributed by atoms with Gasteiger partial charge in [0.05, 0.1) is 26.1 Å². The van der Waals surface area contributed by atoms with Gasteiger partial charge < -0.3 is 14.8 Å². The molecule has 0 aliphatic carbocycles. The minimum absolute atomic E-state index is 0.388. The van der Waals surface area contributed by atoms with Crippen molar-refractivity contribution in [2.45, 2.75) is 0 Å². The average Bonchev–Trinajstić information content (AvgIpc) is 2.87. The number of hydrogen-bond acceptors (Lipinski definition) is 6. The summed E-state index contributed by atoms with van der Waals surface area (Å²) >= 11 is 1.23. The summed E-state index contributed by atoms with van der Waals surface area (Å²) < 4.78 is 9.84. The van der Waals surface area contributed by atoms with Crippen LogP contribution < -0.4 is 10.1 Å². The third-order valence-corrected chi connectivity index (χ3v) is 3.13. The van der Waals surface area contributed by atoms with Crippen LogP contribution in [-0.2, 0) is 4.74 Å². The molecule has 0 spiro atoms. The molecule has 0 bridgehead atoms. The smallest absolute Gasteiger partial charge is 0.349 e. The topological polar surface area (TPSA) is 60.5 Å². The molecule has 0 saturated carbocycles. The number of para-hydroxylation sites is 2. The molecule has 1 heterocycles. The third kappa shape index (κ3) is 2.60. The Hall–Kier alpha value is -2.08. The molecule has 0 aliphatic rings. The molecular weight excluding hydrogens is 252 g/mol. The molecule has 0 unspecified atom stereocenters. The number of nitrogens with one attached hydrogen (secondary N) is 1. The average molecular weight is 264 g/mol. The number of anilines is 2.